The molecule has 0 atom stereocenters. The number of pyridine rings is 1. The summed E-state index contributed by atoms with van der Waals surface area (Å²) in [5.74, 6) is -0.894. The van der Waals surface area contributed by atoms with Crippen molar-refractivity contribution in [3.05, 3.63) is 65.0 Å². The third-order valence-electron chi connectivity index (χ3n) is 5.19. The maximum absolute atomic E-state index is 12.7. The molecule has 5 heteroatoms. The normalized spacial score (nSPS) is 16.5. The average molecular weight is 338 g/mol. The van der Waals surface area contributed by atoms with Gasteiger partial charge in [-0.15, -0.1) is 0 Å². The summed E-state index contributed by atoms with van der Waals surface area (Å²) in [5.41, 5.74) is 2.46. The van der Waals surface area contributed by atoms with Crippen LogP contribution in [0.25, 0.3) is 0 Å². The van der Waals surface area contributed by atoms with E-state index >= 15 is 0 Å². The second kappa shape index (κ2) is 6.67. The molecule has 1 fully saturated rings. The average Bonchev–Trinajstić information content (AvgIpc) is 2.62. The molecule has 2 aromatic rings. The monoisotopic (exact) mass is 338 g/mol. The number of benzene rings is 1. The van der Waals surface area contributed by atoms with Crippen molar-refractivity contribution >= 4 is 11.9 Å². The fourth-order valence-corrected chi connectivity index (χ4v) is 3.45. The Hall–Kier alpha value is -2.69. The molecule has 0 aliphatic carbocycles. The molecule has 0 saturated carbocycles. The number of hydrogen-bond acceptors (Lipinski definition) is 3. The standard InChI is InChI=1S/C20H22N2O3/c1-14-3-5-16(6-4-14)20(19(24)25)8-11-22(12-9-20)18(23)17-13-21-10-7-15(17)2/h3-7,10,13H,8-9,11-12H2,1-2H3,(H,24,25). The minimum atomic E-state index is -0.922. The van der Waals surface area contributed by atoms with E-state index in [0.717, 1.165) is 16.7 Å². The van der Waals surface area contributed by atoms with Crippen LogP contribution in [0.1, 0.15) is 39.9 Å². The van der Waals surface area contributed by atoms with Crippen molar-refractivity contribution in [3.8, 4) is 0 Å². The van der Waals surface area contributed by atoms with Crippen molar-refractivity contribution in [2.45, 2.75) is 32.1 Å². The van der Waals surface area contributed by atoms with Crippen LogP contribution in [0.3, 0.4) is 0 Å². The van der Waals surface area contributed by atoms with E-state index in [9.17, 15) is 14.7 Å². The largest absolute Gasteiger partial charge is 0.481 e. The molecule has 0 bridgehead atoms. The number of piperidine rings is 1. The molecule has 1 saturated heterocycles. The number of carbonyl (C=O) groups is 2. The fraction of sp³-hybridized carbons (Fsp3) is 0.350. The number of aliphatic carboxylic acids is 1. The zero-order chi connectivity index (χ0) is 18.0. The van der Waals surface area contributed by atoms with Gasteiger partial charge in [-0.25, -0.2) is 0 Å². The summed E-state index contributed by atoms with van der Waals surface area (Å²) in [7, 11) is 0. The maximum atomic E-state index is 12.7. The Morgan fingerprint density at radius 2 is 1.72 bits per heavy atom. The lowest BCUT2D eigenvalue weighted by Crippen LogP contribution is -2.49. The van der Waals surface area contributed by atoms with Crippen LogP contribution < -0.4 is 0 Å². The van der Waals surface area contributed by atoms with Crippen LogP contribution in [-0.2, 0) is 10.2 Å². The van der Waals surface area contributed by atoms with Crippen LogP contribution in [0.15, 0.2) is 42.7 Å². The molecule has 0 unspecified atom stereocenters. The van der Waals surface area contributed by atoms with Crippen molar-refractivity contribution in [1.82, 2.24) is 9.88 Å². The van der Waals surface area contributed by atoms with Gasteiger partial charge in [0, 0.05) is 25.5 Å². The minimum Gasteiger partial charge on any atom is -0.481 e. The molecular formula is C20H22N2O3. The summed E-state index contributed by atoms with van der Waals surface area (Å²) >= 11 is 0. The summed E-state index contributed by atoms with van der Waals surface area (Å²) in [5, 5.41) is 9.88. The van der Waals surface area contributed by atoms with Gasteiger partial charge in [0.05, 0.1) is 11.0 Å². The molecule has 1 amide bonds. The smallest absolute Gasteiger partial charge is 0.314 e. The summed E-state index contributed by atoms with van der Waals surface area (Å²) in [6.45, 7) is 4.71. The van der Waals surface area contributed by atoms with Gasteiger partial charge in [0.15, 0.2) is 0 Å². The number of aryl methyl sites for hydroxylation is 2. The second-order valence-corrected chi connectivity index (χ2v) is 6.74. The van der Waals surface area contributed by atoms with E-state index in [2.05, 4.69) is 4.98 Å². The third-order valence-corrected chi connectivity index (χ3v) is 5.19. The quantitative estimate of drug-likeness (QED) is 0.934. The van der Waals surface area contributed by atoms with E-state index in [1.165, 1.54) is 0 Å². The Bertz CT molecular complexity index is 791. The second-order valence-electron chi connectivity index (χ2n) is 6.74. The summed E-state index contributed by atoms with van der Waals surface area (Å²) < 4.78 is 0. The molecular weight excluding hydrogens is 316 g/mol. The first-order chi connectivity index (χ1) is 11.9. The summed E-state index contributed by atoms with van der Waals surface area (Å²) in [6, 6.07) is 9.48. The molecule has 1 aromatic heterocycles. The van der Waals surface area contributed by atoms with Gasteiger partial charge in [0.2, 0.25) is 0 Å². The lowest BCUT2D eigenvalue weighted by molar-refractivity contribution is -0.145. The van der Waals surface area contributed by atoms with Gasteiger partial charge < -0.3 is 10.0 Å². The van der Waals surface area contributed by atoms with Crippen molar-refractivity contribution in [1.29, 1.82) is 0 Å². The Balaban J connectivity index is 1.81. The van der Waals surface area contributed by atoms with E-state index in [1.807, 2.05) is 44.2 Å². The molecule has 2 heterocycles. The number of amides is 1. The van der Waals surface area contributed by atoms with E-state index in [0.29, 0.717) is 31.5 Å². The number of aromatic nitrogens is 1. The predicted octanol–water partition coefficient (Wildman–Crippen LogP) is 2.96. The Labute approximate surface area is 147 Å². The van der Waals surface area contributed by atoms with Gasteiger partial charge in [0.25, 0.3) is 5.91 Å². The van der Waals surface area contributed by atoms with Gasteiger partial charge in [-0.3, -0.25) is 14.6 Å². The third kappa shape index (κ3) is 3.14. The molecule has 5 nitrogen and oxygen atoms in total. The van der Waals surface area contributed by atoms with E-state index in [-0.39, 0.29) is 5.91 Å². The molecule has 3 rings (SSSR count). The van der Waals surface area contributed by atoms with E-state index in [4.69, 9.17) is 0 Å². The zero-order valence-corrected chi connectivity index (χ0v) is 14.5. The van der Waals surface area contributed by atoms with Crippen molar-refractivity contribution < 1.29 is 14.7 Å². The van der Waals surface area contributed by atoms with Crippen molar-refractivity contribution in [2.24, 2.45) is 0 Å². The van der Waals surface area contributed by atoms with E-state index in [1.54, 1.807) is 17.3 Å². The highest BCUT2D eigenvalue weighted by molar-refractivity contribution is 5.95. The van der Waals surface area contributed by atoms with E-state index < -0.39 is 11.4 Å². The number of carboxylic acid groups (broad SMARTS) is 1. The topological polar surface area (TPSA) is 70.5 Å². The van der Waals surface area contributed by atoms with Crippen LogP contribution in [0.5, 0.6) is 0 Å². The number of carboxylic acids is 1. The molecule has 1 aliphatic rings. The van der Waals surface area contributed by atoms with Crippen LogP contribution in [0.4, 0.5) is 0 Å². The number of carbonyl (C=O) groups excluding carboxylic acids is 1. The molecule has 0 radical (unpaired) electrons. The zero-order valence-electron chi connectivity index (χ0n) is 14.5. The summed E-state index contributed by atoms with van der Waals surface area (Å²) in [6.07, 6.45) is 4.07. The Morgan fingerprint density at radius 1 is 1.08 bits per heavy atom. The molecule has 25 heavy (non-hydrogen) atoms. The first kappa shape index (κ1) is 17.1. The molecule has 130 valence electrons. The fourth-order valence-electron chi connectivity index (χ4n) is 3.45. The molecule has 1 aliphatic heterocycles. The first-order valence-corrected chi connectivity index (χ1v) is 8.44. The maximum Gasteiger partial charge on any atom is 0.314 e. The van der Waals surface area contributed by atoms with Crippen LogP contribution >= 0.6 is 0 Å². The lowest BCUT2D eigenvalue weighted by atomic mass is 9.72. The van der Waals surface area contributed by atoms with Gasteiger partial charge in [-0.05, 0) is 43.9 Å². The highest BCUT2D eigenvalue weighted by Gasteiger charge is 2.44. The van der Waals surface area contributed by atoms with Crippen LogP contribution in [-0.4, -0.2) is 40.0 Å². The first-order valence-electron chi connectivity index (χ1n) is 8.44. The molecule has 1 aromatic carbocycles. The minimum absolute atomic E-state index is 0.0755. The number of rotatable bonds is 3. The van der Waals surface area contributed by atoms with Crippen LogP contribution in [0, 0.1) is 13.8 Å². The van der Waals surface area contributed by atoms with Crippen LogP contribution in [0.2, 0.25) is 0 Å². The van der Waals surface area contributed by atoms with Crippen molar-refractivity contribution in [3.63, 3.8) is 0 Å². The number of hydrogen-bond donors (Lipinski definition) is 1. The molecule has 0 spiro atoms. The predicted molar refractivity (Wildman–Crippen MR) is 94.6 cm³/mol. The summed E-state index contributed by atoms with van der Waals surface area (Å²) in [4.78, 5) is 30.5. The highest BCUT2D eigenvalue weighted by Crippen LogP contribution is 2.36. The van der Waals surface area contributed by atoms with Gasteiger partial charge in [-0.2, -0.15) is 0 Å². The van der Waals surface area contributed by atoms with Gasteiger partial charge in [0.1, 0.15) is 0 Å². The lowest BCUT2D eigenvalue weighted by Gasteiger charge is -2.39. The van der Waals surface area contributed by atoms with Crippen molar-refractivity contribution in [2.75, 3.05) is 13.1 Å². The van der Waals surface area contributed by atoms with Gasteiger partial charge in [-0.1, -0.05) is 29.8 Å². The highest BCUT2D eigenvalue weighted by atomic mass is 16.4. The SMILES string of the molecule is Cc1ccc(C2(C(=O)O)CCN(C(=O)c3cnccc3C)CC2)cc1. The van der Waals surface area contributed by atoms with Gasteiger partial charge >= 0.3 is 5.97 Å². The number of nitrogens with zero attached hydrogens (tertiary/aromatic N) is 2. The Kier molecular flexibility index (Phi) is 4.57. The molecule has 1 N–H and O–H groups in total. The number of likely N-dealkylation sites (tertiary alicyclic amines) is 1. The Morgan fingerprint density at radius 3 is 2.28 bits per heavy atom.